The zero-order valence-electron chi connectivity index (χ0n) is 10.5. The molecule has 1 aromatic heterocycles. The van der Waals surface area contributed by atoms with Crippen molar-refractivity contribution < 1.29 is 4.42 Å². The summed E-state index contributed by atoms with van der Waals surface area (Å²) in [4.78, 5) is 2.48. The topological polar surface area (TPSA) is 28.4 Å². The van der Waals surface area contributed by atoms with Gasteiger partial charge in [-0.2, -0.15) is 0 Å². The van der Waals surface area contributed by atoms with Crippen LogP contribution in [0.25, 0.3) is 0 Å². The molecule has 0 amide bonds. The van der Waals surface area contributed by atoms with Crippen molar-refractivity contribution in [2.45, 2.75) is 33.4 Å². The van der Waals surface area contributed by atoms with E-state index in [0.29, 0.717) is 0 Å². The van der Waals surface area contributed by atoms with Crippen molar-refractivity contribution in [1.82, 2.24) is 10.2 Å². The highest BCUT2D eigenvalue weighted by molar-refractivity contribution is 5.20. The van der Waals surface area contributed by atoms with Crippen LogP contribution in [-0.2, 0) is 13.1 Å². The molecule has 1 saturated heterocycles. The van der Waals surface area contributed by atoms with E-state index in [1.165, 1.54) is 25.1 Å². The molecule has 1 aliphatic rings. The van der Waals surface area contributed by atoms with Crippen LogP contribution < -0.4 is 5.32 Å². The predicted molar refractivity (Wildman–Crippen MR) is 65.3 cm³/mol. The molecule has 0 aromatic carbocycles. The highest BCUT2D eigenvalue weighted by atomic mass is 16.3. The summed E-state index contributed by atoms with van der Waals surface area (Å²) in [5.74, 6) is 3.02. The Balaban J connectivity index is 1.96. The lowest BCUT2D eigenvalue weighted by molar-refractivity contribution is 0.284. The number of aryl methyl sites for hydroxylation is 1. The van der Waals surface area contributed by atoms with Crippen LogP contribution in [0.3, 0.4) is 0 Å². The maximum Gasteiger partial charge on any atom is 0.120 e. The van der Waals surface area contributed by atoms with E-state index in [4.69, 9.17) is 4.42 Å². The molecule has 1 N–H and O–H groups in total. The first-order valence-corrected chi connectivity index (χ1v) is 6.14. The van der Waals surface area contributed by atoms with Crippen LogP contribution in [0.2, 0.25) is 0 Å². The van der Waals surface area contributed by atoms with Crippen LogP contribution in [0.1, 0.15) is 30.4 Å². The number of hydrogen-bond donors (Lipinski definition) is 1. The molecule has 0 saturated carbocycles. The number of nitrogens with zero attached hydrogens (tertiary/aromatic N) is 1. The highest BCUT2D eigenvalue weighted by Gasteiger charge is 2.20. The molecule has 0 aliphatic carbocycles. The van der Waals surface area contributed by atoms with E-state index >= 15 is 0 Å². The molecule has 1 unspecified atom stereocenters. The Hall–Kier alpha value is -0.800. The van der Waals surface area contributed by atoms with E-state index in [-0.39, 0.29) is 0 Å². The summed E-state index contributed by atoms with van der Waals surface area (Å²) < 4.78 is 5.85. The van der Waals surface area contributed by atoms with Gasteiger partial charge < -0.3 is 9.73 Å². The van der Waals surface area contributed by atoms with Crippen LogP contribution in [0, 0.1) is 12.8 Å². The number of likely N-dealkylation sites (tertiary alicyclic amines) is 1. The molecule has 2 rings (SSSR count). The van der Waals surface area contributed by atoms with Crippen LogP contribution in [0.15, 0.2) is 10.5 Å². The van der Waals surface area contributed by atoms with Gasteiger partial charge in [-0.3, -0.25) is 4.90 Å². The molecule has 90 valence electrons. The van der Waals surface area contributed by atoms with E-state index in [1.54, 1.807) is 0 Å². The largest absolute Gasteiger partial charge is 0.463 e. The summed E-state index contributed by atoms with van der Waals surface area (Å²) in [7, 11) is 1.95. The highest BCUT2D eigenvalue weighted by Crippen LogP contribution is 2.20. The third kappa shape index (κ3) is 2.66. The number of nitrogens with one attached hydrogen (secondary N) is 1. The van der Waals surface area contributed by atoms with E-state index in [1.807, 2.05) is 7.05 Å². The molecule has 1 fully saturated rings. The van der Waals surface area contributed by atoms with E-state index in [2.05, 4.69) is 30.1 Å². The predicted octanol–water partition coefficient (Wildman–Crippen LogP) is 2.15. The van der Waals surface area contributed by atoms with Crippen LogP contribution in [-0.4, -0.2) is 25.0 Å². The van der Waals surface area contributed by atoms with Crippen molar-refractivity contribution in [2.75, 3.05) is 20.1 Å². The summed E-state index contributed by atoms with van der Waals surface area (Å²) in [6.45, 7) is 8.65. The smallest absolute Gasteiger partial charge is 0.120 e. The fourth-order valence-electron chi connectivity index (χ4n) is 2.39. The minimum atomic E-state index is 0.822. The van der Waals surface area contributed by atoms with Gasteiger partial charge in [0.05, 0.1) is 13.1 Å². The van der Waals surface area contributed by atoms with Gasteiger partial charge in [0, 0.05) is 6.54 Å². The van der Waals surface area contributed by atoms with Crippen molar-refractivity contribution in [3.63, 3.8) is 0 Å². The van der Waals surface area contributed by atoms with Gasteiger partial charge in [0.2, 0.25) is 0 Å². The first kappa shape index (κ1) is 11.7. The SMILES string of the molecule is CNCc1oc(CN2CCC(C)C2)cc1C. The zero-order chi connectivity index (χ0) is 11.5. The average molecular weight is 222 g/mol. The molecule has 3 nitrogen and oxygen atoms in total. The Labute approximate surface area is 97.8 Å². The van der Waals surface area contributed by atoms with Gasteiger partial charge in [-0.15, -0.1) is 0 Å². The normalized spacial score (nSPS) is 21.8. The van der Waals surface area contributed by atoms with Crippen molar-refractivity contribution in [2.24, 2.45) is 5.92 Å². The molecule has 0 spiro atoms. The summed E-state index contributed by atoms with van der Waals surface area (Å²) >= 11 is 0. The Morgan fingerprint density at radius 2 is 2.38 bits per heavy atom. The Morgan fingerprint density at radius 3 is 3.00 bits per heavy atom. The van der Waals surface area contributed by atoms with Gasteiger partial charge in [0.25, 0.3) is 0 Å². The molecule has 3 heteroatoms. The fourth-order valence-corrected chi connectivity index (χ4v) is 2.39. The number of hydrogen-bond acceptors (Lipinski definition) is 3. The second kappa shape index (κ2) is 5.02. The molecule has 2 heterocycles. The Bertz CT molecular complexity index is 346. The minimum absolute atomic E-state index is 0.822. The molecule has 0 bridgehead atoms. The fraction of sp³-hybridized carbons (Fsp3) is 0.692. The van der Waals surface area contributed by atoms with Crippen molar-refractivity contribution >= 4 is 0 Å². The molecular formula is C13H22N2O. The Kier molecular flexibility index (Phi) is 3.66. The molecule has 1 aromatic rings. The second-order valence-corrected chi connectivity index (χ2v) is 4.98. The number of rotatable bonds is 4. The van der Waals surface area contributed by atoms with Crippen LogP contribution in [0.4, 0.5) is 0 Å². The molecular weight excluding hydrogens is 200 g/mol. The average Bonchev–Trinajstić information content (AvgIpc) is 2.76. The molecule has 1 atom stereocenters. The summed E-state index contributed by atoms with van der Waals surface area (Å²) in [6.07, 6.45) is 1.32. The monoisotopic (exact) mass is 222 g/mol. The van der Waals surface area contributed by atoms with E-state index < -0.39 is 0 Å². The zero-order valence-corrected chi connectivity index (χ0v) is 10.5. The molecule has 0 radical (unpaired) electrons. The standard InChI is InChI=1S/C13H22N2O/c1-10-4-5-15(8-10)9-12-6-11(2)13(16-12)7-14-3/h6,10,14H,4-5,7-9H2,1-3H3. The van der Waals surface area contributed by atoms with Crippen molar-refractivity contribution in [1.29, 1.82) is 0 Å². The van der Waals surface area contributed by atoms with Crippen LogP contribution in [0.5, 0.6) is 0 Å². The van der Waals surface area contributed by atoms with Crippen LogP contribution >= 0.6 is 0 Å². The molecule has 16 heavy (non-hydrogen) atoms. The van der Waals surface area contributed by atoms with Gasteiger partial charge in [0.1, 0.15) is 11.5 Å². The first-order valence-electron chi connectivity index (χ1n) is 6.14. The van der Waals surface area contributed by atoms with Gasteiger partial charge in [-0.05, 0) is 44.5 Å². The maximum atomic E-state index is 5.85. The maximum absolute atomic E-state index is 5.85. The number of furan rings is 1. The third-order valence-electron chi connectivity index (χ3n) is 3.30. The first-order chi connectivity index (χ1) is 7.69. The summed E-state index contributed by atoms with van der Waals surface area (Å²) in [5.41, 5.74) is 1.26. The van der Waals surface area contributed by atoms with E-state index in [0.717, 1.165) is 30.5 Å². The van der Waals surface area contributed by atoms with Gasteiger partial charge in [0.15, 0.2) is 0 Å². The lowest BCUT2D eigenvalue weighted by Gasteiger charge is -2.12. The third-order valence-corrected chi connectivity index (χ3v) is 3.30. The van der Waals surface area contributed by atoms with E-state index in [9.17, 15) is 0 Å². The lowest BCUT2D eigenvalue weighted by atomic mass is 10.2. The molecule has 1 aliphatic heterocycles. The van der Waals surface area contributed by atoms with Gasteiger partial charge >= 0.3 is 0 Å². The van der Waals surface area contributed by atoms with Gasteiger partial charge in [-0.1, -0.05) is 6.92 Å². The second-order valence-electron chi connectivity index (χ2n) is 4.98. The summed E-state index contributed by atoms with van der Waals surface area (Å²) in [5, 5.41) is 3.13. The van der Waals surface area contributed by atoms with Gasteiger partial charge in [-0.25, -0.2) is 0 Å². The van der Waals surface area contributed by atoms with Crippen molar-refractivity contribution in [3.05, 3.63) is 23.2 Å². The minimum Gasteiger partial charge on any atom is -0.463 e. The van der Waals surface area contributed by atoms with Crippen molar-refractivity contribution in [3.8, 4) is 0 Å². The lowest BCUT2D eigenvalue weighted by Crippen LogP contribution is -2.19. The Morgan fingerprint density at radius 1 is 1.56 bits per heavy atom. The quantitative estimate of drug-likeness (QED) is 0.846. The summed E-state index contributed by atoms with van der Waals surface area (Å²) in [6, 6.07) is 2.18.